The lowest BCUT2D eigenvalue weighted by Gasteiger charge is -2.17. The number of anilines is 1. The fourth-order valence-electron chi connectivity index (χ4n) is 1.97. The summed E-state index contributed by atoms with van der Waals surface area (Å²) >= 11 is 0. The van der Waals surface area contributed by atoms with Gasteiger partial charge in [0.1, 0.15) is 17.6 Å². The highest BCUT2D eigenvalue weighted by molar-refractivity contribution is 6.05. The van der Waals surface area contributed by atoms with Gasteiger partial charge in [-0.15, -0.1) is 5.10 Å². The Bertz CT molecular complexity index is 801. The number of carboxylic acid groups (broad SMARTS) is 1. The number of halogens is 1. The molecule has 1 unspecified atom stereocenters. The molecule has 7 nitrogen and oxygen atoms in total. The number of rotatable bonds is 6. The summed E-state index contributed by atoms with van der Waals surface area (Å²) in [6.07, 6.45) is 1.42. The Labute approximate surface area is 144 Å². The second-order valence-corrected chi connectivity index (χ2v) is 6.04. The number of ether oxygens (including phenoxy) is 1. The highest BCUT2D eigenvalue weighted by atomic mass is 19.1. The first-order valence-corrected chi connectivity index (χ1v) is 7.73. The quantitative estimate of drug-likeness (QED) is 0.836. The van der Waals surface area contributed by atoms with Crippen LogP contribution in [0.2, 0.25) is 0 Å². The SMILES string of the molecule is CC(C)C(C)Oc1nn(C)cc1NC(=O)c1ccc(C(=O)O)cc1F. The molecule has 1 aromatic heterocycles. The standard InChI is InChI=1S/C17H20FN3O4/c1-9(2)10(3)25-16-14(8-21(4)20-16)19-15(22)12-6-5-11(17(23)24)7-13(12)18/h5-10H,1-4H3,(H,19,22)(H,23,24). The van der Waals surface area contributed by atoms with Crippen molar-refractivity contribution in [3.05, 3.63) is 41.3 Å². The predicted octanol–water partition coefficient (Wildman–Crippen LogP) is 2.93. The summed E-state index contributed by atoms with van der Waals surface area (Å²) in [5, 5.41) is 15.5. The minimum Gasteiger partial charge on any atom is -0.478 e. The van der Waals surface area contributed by atoms with E-state index in [0.29, 0.717) is 5.69 Å². The Morgan fingerprint density at radius 2 is 2.00 bits per heavy atom. The fraction of sp³-hybridized carbons (Fsp3) is 0.353. The minimum absolute atomic E-state index is 0.128. The summed E-state index contributed by atoms with van der Waals surface area (Å²) in [6.45, 7) is 5.87. The molecule has 0 saturated carbocycles. The highest BCUT2D eigenvalue weighted by Crippen LogP contribution is 2.25. The third-order valence-corrected chi connectivity index (χ3v) is 3.74. The maximum absolute atomic E-state index is 14.0. The van der Waals surface area contributed by atoms with Crippen molar-refractivity contribution >= 4 is 17.6 Å². The van der Waals surface area contributed by atoms with Crippen LogP contribution in [0, 0.1) is 11.7 Å². The molecule has 0 radical (unpaired) electrons. The molecule has 1 aromatic carbocycles. The number of carboxylic acids is 1. The molecule has 25 heavy (non-hydrogen) atoms. The lowest BCUT2D eigenvalue weighted by molar-refractivity contribution is 0.0695. The van der Waals surface area contributed by atoms with E-state index in [9.17, 15) is 14.0 Å². The van der Waals surface area contributed by atoms with E-state index in [1.54, 1.807) is 13.2 Å². The van der Waals surface area contributed by atoms with Gasteiger partial charge in [-0.3, -0.25) is 9.48 Å². The molecule has 2 N–H and O–H groups in total. The van der Waals surface area contributed by atoms with Crippen molar-refractivity contribution in [2.45, 2.75) is 26.9 Å². The zero-order valence-electron chi connectivity index (χ0n) is 14.4. The molecular weight excluding hydrogens is 329 g/mol. The lowest BCUT2D eigenvalue weighted by Crippen LogP contribution is -2.20. The molecule has 0 bridgehead atoms. The van der Waals surface area contributed by atoms with Crippen molar-refractivity contribution in [1.82, 2.24) is 9.78 Å². The number of hydrogen-bond acceptors (Lipinski definition) is 4. The average Bonchev–Trinajstić information content (AvgIpc) is 2.85. The topological polar surface area (TPSA) is 93.5 Å². The van der Waals surface area contributed by atoms with Crippen LogP contribution in [0.1, 0.15) is 41.5 Å². The Hall–Kier alpha value is -2.90. The molecule has 1 heterocycles. The maximum Gasteiger partial charge on any atom is 0.335 e. The molecule has 1 amide bonds. The number of aromatic carboxylic acids is 1. The van der Waals surface area contributed by atoms with Gasteiger partial charge in [0.05, 0.1) is 17.3 Å². The van der Waals surface area contributed by atoms with E-state index < -0.39 is 17.7 Å². The summed E-state index contributed by atoms with van der Waals surface area (Å²) in [5.74, 6) is -2.42. The van der Waals surface area contributed by atoms with Crippen molar-refractivity contribution in [2.75, 3.05) is 5.32 Å². The summed E-state index contributed by atoms with van der Waals surface area (Å²) in [5.41, 5.74) is -0.191. The molecular formula is C17H20FN3O4. The Morgan fingerprint density at radius 1 is 1.32 bits per heavy atom. The van der Waals surface area contributed by atoms with E-state index in [1.165, 1.54) is 10.7 Å². The highest BCUT2D eigenvalue weighted by Gasteiger charge is 2.20. The predicted molar refractivity (Wildman–Crippen MR) is 89.4 cm³/mol. The van der Waals surface area contributed by atoms with Gasteiger partial charge in [-0.2, -0.15) is 0 Å². The molecule has 0 fully saturated rings. The molecule has 0 saturated heterocycles. The third-order valence-electron chi connectivity index (χ3n) is 3.74. The van der Waals surface area contributed by atoms with Crippen LogP contribution in [0.3, 0.4) is 0 Å². The number of nitrogens with one attached hydrogen (secondary N) is 1. The Morgan fingerprint density at radius 3 is 2.56 bits per heavy atom. The van der Waals surface area contributed by atoms with E-state index in [4.69, 9.17) is 9.84 Å². The van der Waals surface area contributed by atoms with Gasteiger partial charge < -0.3 is 15.2 Å². The number of nitrogens with zero attached hydrogens (tertiary/aromatic N) is 2. The summed E-state index contributed by atoms with van der Waals surface area (Å²) in [4.78, 5) is 23.1. The van der Waals surface area contributed by atoms with E-state index in [2.05, 4.69) is 10.4 Å². The molecule has 8 heteroatoms. The van der Waals surface area contributed by atoms with E-state index >= 15 is 0 Å². The number of amides is 1. The molecule has 0 spiro atoms. The van der Waals surface area contributed by atoms with Gasteiger partial charge in [-0.25, -0.2) is 9.18 Å². The monoisotopic (exact) mass is 349 g/mol. The molecule has 134 valence electrons. The van der Waals surface area contributed by atoms with Crippen LogP contribution in [0.5, 0.6) is 5.88 Å². The summed E-state index contributed by atoms with van der Waals surface area (Å²) in [7, 11) is 1.67. The second-order valence-electron chi connectivity index (χ2n) is 6.04. The van der Waals surface area contributed by atoms with Crippen LogP contribution in [0.25, 0.3) is 0 Å². The van der Waals surface area contributed by atoms with Gasteiger partial charge in [0, 0.05) is 7.05 Å². The average molecular weight is 349 g/mol. The molecule has 0 aliphatic carbocycles. The van der Waals surface area contributed by atoms with Crippen molar-refractivity contribution in [3.63, 3.8) is 0 Å². The summed E-state index contributed by atoms with van der Waals surface area (Å²) < 4.78 is 21.2. The Kier molecular flexibility index (Phi) is 5.41. The van der Waals surface area contributed by atoms with Gasteiger partial charge >= 0.3 is 5.97 Å². The van der Waals surface area contributed by atoms with Crippen LogP contribution in [-0.4, -0.2) is 32.9 Å². The van der Waals surface area contributed by atoms with Gasteiger partial charge in [0.25, 0.3) is 11.8 Å². The van der Waals surface area contributed by atoms with Gasteiger partial charge in [-0.05, 0) is 31.0 Å². The number of aryl methyl sites for hydroxylation is 1. The molecule has 2 aromatic rings. The number of carbonyl (C=O) groups excluding carboxylic acids is 1. The second kappa shape index (κ2) is 7.33. The van der Waals surface area contributed by atoms with Crippen molar-refractivity contribution in [2.24, 2.45) is 13.0 Å². The fourth-order valence-corrected chi connectivity index (χ4v) is 1.97. The zero-order valence-corrected chi connectivity index (χ0v) is 14.4. The largest absolute Gasteiger partial charge is 0.478 e. The lowest BCUT2D eigenvalue weighted by atomic mass is 10.1. The van der Waals surface area contributed by atoms with Crippen LogP contribution in [-0.2, 0) is 7.05 Å². The molecule has 2 rings (SSSR count). The Balaban J connectivity index is 2.22. The van der Waals surface area contributed by atoms with Gasteiger partial charge in [-0.1, -0.05) is 13.8 Å². The van der Waals surface area contributed by atoms with Crippen LogP contribution >= 0.6 is 0 Å². The molecule has 0 aliphatic rings. The van der Waals surface area contributed by atoms with Gasteiger partial charge in [0.2, 0.25) is 0 Å². The van der Waals surface area contributed by atoms with Gasteiger partial charge in [0.15, 0.2) is 0 Å². The van der Waals surface area contributed by atoms with E-state index in [1.807, 2.05) is 20.8 Å². The first-order chi connectivity index (χ1) is 11.7. The number of aromatic nitrogens is 2. The van der Waals surface area contributed by atoms with Crippen molar-refractivity contribution in [1.29, 1.82) is 0 Å². The van der Waals surface area contributed by atoms with Crippen LogP contribution in [0.4, 0.5) is 10.1 Å². The van der Waals surface area contributed by atoms with Crippen LogP contribution in [0.15, 0.2) is 24.4 Å². The normalized spacial score (nSPS) is 12.1. The van der Waals surface area contributed by atoms with Crippen LogP contribution < -0.4 is 10.1 Å². The first kappa shape index (κ1) is 18.4. The van der Waals surface area contributed by atoms with E-state index in [0.717, 1.165) is 12.1 Å². The zero-order chi connectivity index (χ0) is 18.7. The smallest absolute Gasteiger partial charge is 0.335 e. The molecule has 0 aliphatic heterocycles. The van der Waals surface area contributed by atoms with Crippen molar-refractivity contribution in [3.8, 4) is 5.88 Å². The van der Waals surface area contributed by atoms with E-state index in [-0.39, 0.29) is 29.0 Å². The number of hydrogen-bond donors (Lipinski definition) is 2. The number of carbonyl (C=O) groups is 2. The molecule has 1 atom stereocenters. The van der Waals surface area contributed by atoms with Crippen molar-refractivity contribution < 1.29 is 23.8 Å². The first-order valence-electron chi connectivity index (χ1n) is 7.73. The third kappa shape index (κ3) is 4.34. The minimum atomic E-state index is -1.27. The maximum atomic E-state index is 14.0. The number of benzene rings is 1. The summed E-state index contributed by atoms with van der Waals surface area (Å²) in [6, 6.07) is 3.10.